The van der Waals surface area contributed by atoms with Crippen LogP contribution in [0.3, 0.4) is 0 Å². The van der Waals surface area contributed by atoms with E-state index in [1.807, 2.05) is 24.3 Å². The maximum atomic E-state index is 12.7. The molecule has 0 aliphatic carbocycles. The minimum absolute atomic E-state index is 0.0389. The first kappa shape index (κ1) is 26.0. The van der Waals surface area contributed by atoms with Gasteiger partial charge >= 0.3 is 5.97 Å². The highest BCUT2D eigenvalue weighted by Gasteiger charge is 2.23. The number of esters is 1. The van der Waals surface area contributed by atoms with Gasteiger partial charge in [-0.1, -0.05) is 24.3 Å². The fraction of sp³-hybridized carbons (Fsp3) is 0.280. The van der Waals surface area contributed by atoms with Crippen LogP contribution in [0.25, 0.3) is 17.0 Å². The highest BCUT2D eigenvalue weighted by atomic mass is 32.2. The largest absolute Gasteiger partial charge is 0.495 e. The number of hydrogen-bond acceptors (Lipinski definition) is 6. The topological polar surface area (TPSA) is 127 Å². The van der Waals surface area contributed by atoms with Gasteiger partial charge in [-0.3, -0.25) is 4.79 Å². The SMILES string of the molecule is COC(=O)[C@@H](Cc1c[nH]c2ccccc12)NC(=O)/C=C\c1ccc(OC)c(S(=O)(=O)NC(C)C)c1. The molecular weight excluding hydrogens is 470 g/mol. The molecule has 0 bridgehead atoms. The summed E-state index contributed by atoms with van der Waals surface area (Å²) in [5.41, 5.74) is 2.26. The quantitative estimate of drug-likeness (QED) is 0.291. The number of sulfonamides is 1. The number of H-pyrrole nitrogens is 1. The summed E-state index contributed by atoms with van der Waals surface area (Å²) in [6, 6.07) is 11.0. The Morgan fingerprint density at radius 1 is 1.11 bits per heavy atom. The molecule has 3 rings (SSSR count). The van der Waals surface area contributed by atoms with Crippen LogP contribution in [0.15, 0.2) is 59.6 Å². The third-order valence-corrected chi connectivity index (χ3v) is 6.88. The third-order valence-electron chi connectivity index (χ3n) is 5.20. The number of carbonyl (C=O) groups is 2. The summed E-state index contributed by atoms with van der Waals surface area (Å²) in [5.74, 6) is -0.917. The van der Waals surface area contributed by atoms with Crippen molar-refractivity contribution >= 4 is 38.9 Å². The van der Waals surface area contributed by atoms with Gasteiger partial charge in [0, 0.05) is 35.6 Å². The van der Waals surface area contributed by atoms with Gasteiger partial charge < -0.3 is 19.8 Å². The molecule has 0 aliphatic rings. The molecule has 0 aliphatic heterocycles. The van der Waals surface area contributed by atoms with E-state index in [-0.39, 0.29) is 23.1 Å². The zero-order valence-electron chi connectivity index (χ0n) is 20.0. The zero-order valence-corrected chi connectivity index (χ0v) is 20.8. The van der Waals surface area contributed by atoms with Gasteiger partial charge in [0.2, 0.25) is 15.9 Å². The number of fused-ring (bicyclic) bond motifs is 1. The summed E-state index contributed by atoms with van der Waals surface area (Å²) < 4.78 is 37.9. The van der Waals surface area contributed by atoms with Crippen molar-refractivity contribution in [3.63, 3.8) is 0 Å². The second-order valence-electron chi connectivity index (χ2n) is 8.17. The van der Waals surface area contributed by atoms with Crippen LogP contribution in [-0.2, 0) is 30.8 Å². The first-order valence-electron chi connectivity index (χ1n) is 11.0. The highest BCUT2D eigenvalue weighted by molar-refractivity contribution is 7.89. The molecule has 0 spiro atoms. The van der Waals surface area contributed by atoms with Crippen LogP contribution >= 0.6 is 0 Å². The van der Waals surface area contributed by atoms with Crippen LogP contribution in [0.4, 0.5) is 0 Å². The normalized spacial score (nSPS) is 12.7. The number of hydrogen-bond donors (Lipinski definition) is 3. The van der Waals surface area contributed by atoms with Crippen molar-refractivity contribution in [2.24, 2.45) is 0 Å². The Morgan fingerprint density at radius 3 is 2.54 bits per heavy atom. The molecule has 35 heavy (non-hydrogen) atoms. The Bertz CT molecular complexity index is 1340. The van der Waals surface area contributed by atoms with Gasteiger partial charge in [-0.05, 0) is 49.2 Å². The number of nitrogens with one attached hydrogen (secondary N) is 3. The lowest BCUT2D eigenvalue weighted by molar-refractivity contribution is -0.144. The predicted molar refractivity (Wildman–Crippen MR) is 133 cm³/mol. The standard InChI is InChI=1S/C25H29N3O6S/c1-16(2)28-35(31,32)23-13-17(9-11-22(23)33-3)10-12-24(29)27-21(25(30)34-4)14-18-15-26-20-8-6-5-7-19(18)20/h5-13,15-16,21,26,28H,14H2,1-4H3,(H,27,29)/b12-10-/t21-/m1/s1. The van der Waals surface area contributed by atoms with Crippen molar-refractivity contribution in [3.8, 4) is 5.75 Å². The molecule has 186 valence electrons. The second-order valence-corrected chi connectivity index (χ2v) is 9.85. The second kappa shape index (κ2) is 11.2. The molecule has 1 heterocycles. The van der Waals surface area contributed by atoms with Crippen LogP contribution in [0.2, 0.25) is 0 Å². The number of methoxy groups -OCH3 is 2. The highest BCUT2D eigenvalue weighted by Crippen LogP contribution is 2.25. The van der Waals surface area contributed by atoms with Crippen molar-refractivity contribution < 1.29 is 27.5 Å². The van der Waals surface area contributed by atoms with Crippen molar-refractivity contribution in [2.45, 2.75) is 37.2 Å². The van der Waals surface area contributed by atoms with E-state index in [1.165, 1.54) is 38.5 Å². The zero-order chi connectivity index (χ0) is 25.6. The number of aromatic amines is 1. The third kappa shape index (κ3) is 6.49. The molecule has 0 fully saturated rings. The lowest BCUT2D eigenvalue weighted by Crippen LogP contribution is -2.42. The van der Waals surface area contributed by atoms with E-state index in [4.69, 9.17) is 9.47 Å². The van der Waals surface area contributed by atoms with Gasteiger partial charge in [0.05, 0.1) is 14.2 Å². The number of aromatic nitrogens is 1. The maximum Gasteiger partial charge on any atom is 0.328 e. The van der Waals surface area contributed by atoms with Crippen LogP contribution in [0.5, 0.6) is 5.75 Å². The minimum atomic E-state index is -3.82. The molecule has 3 aromatic rings. The lowest BCUT2D eigenvalue weighted by Gasteiger charge is -2.15. The smallest absolute Gasteiger partial charge is 0.328 e. The number of amides is 1. The maximum absolute atomic E-state index is 12.7. The van der Waals surface area contributed by atoms with E-state index in [2.05, 4.69) is 15.0 Å². The van der Waals surface area contributed by atoms with E-state index >= 15 is 0 Å². The summed E-state index contributed by atoms with van der Waals surface area (Å²) >= 11 is 0. The van der Waals surface area contributed by atoms with Crippen LogP contribution in [0.1, 0.15) is 25.0 Å². The molecule has 0 saturated heterocycles. The Kier molecular flexibility index (Phi) is 8.31. The number of para-hydroxylation sites is 1. The fourth-order valence-electron chi connectivity index (χ4n) is 3.63. The summed E-state index contributed by atoms with van der Waals surface area (Å²) in [5, 5.41) is 3.62. The van der Waals surface area contributed by atoms with Crippen molar-refractivity contribution in [1.82, 2.24) is 15.0 Å². The van der Waals surface area contributed by atoms with Gasteiger partial charge in [-0.2, -0.15) is 0 Å². The molecule has 1 atom stereocenters. The van der Waals surface area contributed by atoms with Gasteiger partial charge in [0.15, 0.2) is 0 Å². The van der Waals surface area contributed by atoms with Gasteiger partial charge in [0.1, 0.15) is 16.7 Å². The van der Waals surface area contributed by atoms with Crippen molar-refractivity contribution in [3.05, 3.63) is 65.9 Å². The monoisotopic (exact) mass is 499 g/mol. The Morgan fingerprint density at radius 2 is 1.86 bits per heavy atom. The summed E-state index contributed by atoms with van der Waals surface area (Å²) in [4.78, 5) is 28.1. The Balaban J connectivity index is 1.78. The average Bonchev–Trinajstić information content (AvgIpc) is 3.23. The minimum Gasteiger partial charge on any atom is -0.495 e. The molecule has 9 nitrogen and oxygen atoms in total. The number of carbonyl (C=O) groups excluding carboxylic acids is 2. The van der Waals surface area contributed by atoms with Gasteiger partial charge in [-0.25, -0.2) is 17.9 Å². The number of benzene rings is 2. The van der Waals surface area contributed by atoms with E-state index in [0.29, 0.717) is 5.56 Å². The number of ether oxygens (including phenoxy) is 2. The molecule has 0 saturated carbocycles. The first-order valence-corrected chi connectivity index (χ1v) is 12.4. The molecule has 0 unspecified atom stereocenters. The molecule has 10 heteroatoms. The summed E-state index contributed by atoms with van der Waals surface area (Å²) in [6.07, 6.45) is 4.73. The number of rotatable bonds is 10. The molecule has 1 amide bonds. The van der Waals surface area contributed by atoms with E-state index < -0.39 is 27.9 Å². The molecule has 3 N–H and O–H groups in total. The molecule has 0 radical (unpaired) electrons. The molecule has 2 aromatic carbocycles. The molecular formula is C25H29N3O6S. The fourth-order valence-corrected chi connectivity index (χ4v) is 5.08. The van der Waals surface area contributed by atoms with Gasteiger partial charge in [0.25, 0.3) is 0 Å². The Hall–Kier alpha value is -3.63. The predicted octanol–water partition coefficient (Wildman–Crippen LogP) is 2.78. The van der Waals surface area contributed by atoms with Crippen LogP contribution in [-0.4, -0.2) is 51.6 Å². The van der Waals surface area contributed by atoms with Crippen molar-refractivity contribution in [2.75, 3.05) is 14.2 Å². The average molecular weight is 500 g/mol. The van der Waals surface area contributed by atoms with E-state index in [1.54, 1.807) is 26.1 Å². The van der Waals surface area contributed by atoms with Crippen LogP contribution < -0.4 is 14.8 Å². The molecule has 1 aromatic heterocycles. The summed E-state index contributed by atoms with van der Waals surface area (Å²) in [6.45, 7) is 3.43. The van der Waals surface area contributed by atoms with Crippen molar-refractivity contribution in [1.29, 1.82) is 0 Å². The van der Waals surface area contributed by atoms with E-state index in [0.717, 1.165) is 16.5 Å². The first-order chi connectivity index (χ1) is 16.6. The summed E-state index contributed by atoms with van der Waals surface area (Å²) in [7, 11) is -1.17. The van der Waals surface area contributed by atoms with Crippen LogP contribution in [0, 0.1) is 0 Å². The van der Waals surface area contributed by atoms with Gasteiger partial charge in [-0.15, -0.1) is 0 Å². The lowest BCUT2D eigenvalue weighted by atomic mass is 10.0. The Labute approximate surface area is 204 Å². The van der Waals surface area contributed by atoms with E-state index in [9.17, 15) is 18.0 Å².